The molecule has 5 nitrogen and oxygen atoms in total. The Morgan fingerprint density at radius 3 is 2.47 bits per heavy atom. The van der Waals surface area contributed by atoms with Crippen LogP contribution in [0.15, 0.2) is 4.90 Å². The van der Waals surface area contributed by atoms with Gasteiger partial charge in [-0.15, -0.1) is 0 Å². The topological polar surface area (TPSA) is 75.8 Å². The minimum atomic E-state index is -3.77. The Kier molecular flexibility index (Phi) is 5.83. The molecule has 0 N–H and O–H groups in total. The smallest absolute Gasteiger partial charge is 0.264 e. The van der Waals surface area contributed by atoms with E-state index in [1.165, 1.54) is 0 Å². The van der Waals surface area contributed by atoms with Gasteiger partial charge < -0.3 is 0 Å². The zero-order valence-corrected chi connectivity index (χ0v) is 12.8. The fraction of sp³-hybridized carbons (Fsp3) is 0.667. The number of unbranched alkanes of at least 4 members (excludes halogenated alkanes) is 2. The summed E-state index contributed by atoms with van der Waals surface area (Å²) in [6.45, 7) is 4.35. The molecule has 106 valence electrons. The van der Waals surface area contributed by atoms with Crippen LogP contribution in [0.3, 0.4) is 0 Å². The van der Waals surface area contributed by atoms with E-state index in [1.807, 2.05) is 13.8 Å². The zero-order valence-electron chi connectivity index (χ0n) is 11.2. The highest BCUT2D eigenvalue weighted by Gasteiger charge is 2.25. The molecule has 7 heteroatoms. The lowest BCUT2D eigenvalue weighted by molar-refractivity contribution is 0.536. The summed E-state index contributed by atoms with van der Waals surface area (Å²) >= 11 is 0. The highest BCUT2D eigenvalue weighted by atomic mass is 35.7. The van der Waals surface area contributed by atoms with Crippen molar-refractivity contribution in [2.75, 3.05) is 0 Å². The summed E-state index contributed by atoms with van der Waals surface area (Å²) in [7, 11) is 1.73. The highest BCUT2D eigenvalue weighted by molar-refractivity contribution is 8.13. The average molecular weight is 304 g/mol. The molecule has 0 saturated heterocycles. The minimum absolute atomic E-state index is 0.166. The number of aromatic nitrogens is 2. The van der Waals surface area contributed by atoms with E-state index >= 15 is 0 Å². The van der Waals surface area contributed by atoms with Gasteiger partial charge in [-0.05, 0) is 25.7 Å². The van der Waals surface area contributed by atoms with Crippen LogP contribution in [0.1, 0.15) is 44.5 Å². The van der Waals surface area contributed by atoms with Crippen LogP contribution < -0.4 is 0 Å². The lowest BCUT2D eigenvalue weighted by Gasteiger charge is -2.05. The van der Waals surface area contributed by atoms with Gasteiger partial charge in [0, 0.05) is 23.6 Å². The quantitative estimate of drug-likeness (QED) is 0.573. The van der Waals surface area contributed by atoms with Gasteiger partial charge in [0.1, 0.15) is 4.90 Å². The molecule has 0 amide bonds. The number of nitriles is 1. The molecule has 0 spiro atoms. The van der Waals surface area contributed by atoms with Crippen molar-refractivity contribution in [3.05, 3.63) is 11.4 Å². The fourth-order valence-corrected chi connectivity index (χ4v) is 3.57. The summed E-state index contributed by atoms with van der Waals surface area (Å²) < 4.78 is 25.0. The largest absolute Gasteiger partial charge is 0.268 e. The van der Waals surface area contributed by atoms with Crippen LogP contribution in [0.25, 0.3) is 0 Å². The molecule has 0 aliphatic rings. The van der Waals surface area contributed by atoms with Crippen molar-refractivity contribution in [3.8, 4) is 6.07 Å². The molecular formula is C12H18ClN3O2S. The molecule has 0 radical (unpaired) electrons. The third kappa shape index (κ3) is 3.95. The third-order valence-corrected chi connectivity index (χ3v) is 4.32. The van der Waals surface area contributed by atoms with Crippen molar-refractivity contribution in [1.29, 1.82) is 5.26 Å². The maximum absolute atomic E-state index is 11.7. The van der Waals surface area contributed by atoms with Crippen LogP contribution in [0, 0.1) is 11.3 Å². The molecule has 0 fully saturated rings. The Morgan fingerprint density at radius 2 is 2.00 bits per heavy atom. The number of halogens is 1. The first-order valence-corrected chi connectivity index (χ1v) is 8.66. The van der Waals surface area contributed by atoms with E-state index in [0.29, 0.717) is 37.2 Å². The van der Waals surface area contributed by atoms with E-state index in [-0.39, 0.29) is 4.90 Å². The molecular weight excluding hydrogens is 286 g/mol. The number of hydrogen-bond acceptors (Lipinski definition) is 4. The Bertz CT molecular complexity index is 573. The van der Waals surface area contributed by atoms with Gasteiger partial charge in [-0.2, -0.15) is 10.4 Å². The van der Waals surface area contributed by atoms with Crippen LogP contribution in [0.5, 0.6) is 0 Å². The van der Waals surface area contributed by atoms with Gasteiger partial charge in [0.2, 0.25) is 0 Å². The molecule has 19 heavy (non-hydrogen) atoms. The van der Waals surface area contributed by atoms with Crippen molar-refractivity contribution in [2.24, 2.45) is 0 Å². The van der Waals surface area contributed by atoms with Crippen LogP contribution >= 0.6 is 10.7 Å². The van der Waals surface area contributed by atoms with E-state index < -0.39 is 9.05 Å². The molecule has 1 rings (SSSR count). The predicted octanol–water partition coefficient (Wildman–Crippen LogP) is 2.63. The second-order valence-corrected chi connectivity index (χ2v) is 6.71. The Balaban J connectivity index is 3.07. The number of hydrogen-bond donors (Lipinski definition) is 0. The van der Waals surface area contributed by atoms with Crippen LogP contribution in [0.4, 0.5) is 0 Å². The van der Waals surface area contributed by atoms with Crippen molar-refractivity contribution in [1.82, 2.24) is 9.78 Å². The van der Waals surface area contributed by atoms with Crippen LogP contribution in [-0.2, 0) is 28.4 Å². The van der Waals surface area contributed by atoms with Crippen LogP contribution in [0.2, 0.25) is 0 Å². The second-order valence-electron chi connectivity index (χ2n) is 4.21. The maximum atomic E-state index is 11.7. The first-order chi connectivity index (χ1) is 8.95. The normalized spacial score (nSPS) is 11.5. The number of aryl methyl sites for hydroxylation is 2. The van der Waals surface area contributed by atoms with E-state index in [0.717, 1.165) is 12.8 Å². The minimum Gasteiger partial charge on any atom is -0.268 e. The van der Waals surface area contributed by atoms with Crippen molar-refractivity contribution < 1.29 is 8.42 Å². The van der Waals surface area contributed by atoms with Crippen molar-refractivity contribution in [2.45, 2.75) is 57.4 Å². The van der Waals surface area contributed by atoms with E-state index in [9.17, 15) is 8.42 Å². The van der Waals surface area contributed by atoms with Crippen molar-refractivity contribution in [3.63, 3.8) is 0 Å². The lowest BCUT2D eigenvalue weighted by Crippen LogP contribution is -2.06. The molecule has 1 aromatic heterocycles. The van der Waals surface area contributed by atoms with Gasteiger partial charge in [0.05, 0.1) is 17.5 Å². The first kappa shape index (κ1) is 16.0. The Morgan fingerprint density at radius 1 is 1.32 bits per heavy atom. The molecule has 0 bridgehead atoms. The maximum Gasteiger partial charge on any atom is 0.264 e. The molecule has 0 saturated carbocycles. The van der Waals surface area contributed by atoms with E-state index in [2.05, 4.69) is 11.2 Å². The van der Waals surface area contributed by atoms with E-state index in [1.54, 1.807) is 4.68 Å². The monoisotopic (exact) mass is 303 g/mol. The molecule has 0 aliphatic carbocycles. The van der Waals surface area contributed by atoms with Crippen LogP contribution in [-0.4, -0.2) is 18.2 Å². The highest BCUT2D eigenvalue weighted by Crippen LogP contribution is 2.25. The molecule has 0 atom stereocenters. The summed E-state index contributed by atoms with van der Waals surface area (Å²) in [6, 6.07) is 2.09. The summed E-state index contributed by atoms with van der Waals surface area (Å²) in [5.74, 6) is 0. The van der Waals surface area contributed by atoms with Crippen molar-refractivity contribution >= 4 is 19.7 Å². The van der Waals surface area contributed by atoms with Gasteiger partial charge in [0.25, 0.3) is 9.05 Å². The zero-order chi connectivity index (χ0) is 14.5. The van der Waals surface area contributed by atoms with E-state index in [4.69, 9.17) is 15.9 Å². The number of rotatable bonds is 7. The third-order valence-electron chi connectivity index (χ3n) is 2.90. The molecule has 1 aromatic rings. The summed E-state index contributed by atoms with van der Waals surface area (Å²) in [4.78, 5) is 0.166. The van der Waals surface area contributed by atoms with Gasteiger partial charge in [-0.1, -0.05) is 13.8 Å². The lowest BCUT2D eigenvalue weighted by atomic mass is 10.2. The standard InChI is InChI=1S/C12H18ClN3O2S/c1-3-10-12(19(13,17)18)11(4-2)16(15-10)9-7-5-6-8-14/h3-7,9H2,1-2H3. The summed E-state index contributed by atoms with van der Waals surface area (Å²) in [5, 5.41) is 12.8. The molecule has 0 unspecified atom stereocenters. The molecule has 0 aliphatic heterocycles. The summed E-state index contributed by atoms with van der Waals surface area (Å²) in [5.41, 5.74) is 1.18. The second kappa shape index (κ2) is 6.92. The average Bonchev–Trinajstić information content (AvgIpc) is 2.72. The first-order valence-electron chi connectivity index (χ1n) is 6.35. The molecule has 1 heterocycles. The Labute approximate surface area is 118 Å². The SMILES string of the molecule is CCc1nn(CCCCC#N)c(CC)c1S(=O)(=O)Cl. The molecule has 0 aromatic carbocycles. The van der Waals surface area contributed by atoms with Gasteiger partial charge in [-0.25, -0.2) is 8.42 Å². The van der Waals surface area contributed by atoms with Gasteiger partial charge in [-0.3, -0.25) is 4.68 Å². The Hall–Kier alpha value is -1.06. The van der Waals surface area contributed by atoms with Gasteiger partial charge >= 0.3 is 0 Å². The fourth-order valence-electron chi connectivity index (χ4n) is 2.04. The van der Waals surface area contributed by atoms with Gasteiger partial charge in [0.15, 0.2) is 0 Å². The number of nitrogens with zero attached hydrogens (tertiary/aromatic N) is 3. The summed E-state index contributed by atoms with van der Waals surface area (Å²) in [6.07, 6.45) is 3.17. The predicted molar refractivity (Wildman–Crippen MR) is 73.5 cm³/mol.